The van der Waals surface area contributed by atoms with Crippen molar-refractivity contribution in [3.8, 4) is 5.75 Å². The predicted molar refractivity (Wildman–Crippen MR) is 53.0 cm³/mol. The largest absolute Gasteiger partial charge is 0.508 e. The molecule has 0 aliphatic heterocycles. The van der Waals surface area contributed by atoms with Gasteiger partial charge in [0.05, 0.1) is 5.56 Å². The molecule has 0 aromatic heterocycles. The van der Waals surface area contributed by atoms with Gasteiger partial charge in [-0.1, -0.05) is 6.07 Å². The Morgan fingerprint density at radius 1 is 1.31 bits per heavy atom. The van der Waals surface area contributed by atoms with Crippen molar-refractivity contribution in [2.45, 2.75) is 31.0 Å². The number of alkyl halides is 3. The molecule has 3 N–H and O–H groups in total. The lowest BCUT2D eigenvalue weighted by Gasteiger charge is -2.16. The van der Waals surface area contributed by atoms with Gasteiger partial charge in [0, 0.05) is 11.1 Å². The normalized spacial score (nSPS) is 18.5. The molecule has 0 radical (unpaired) electrons. The molecule has 0 heterocycles. The van der Waals surface area contributed by atoms with Gasteiger partial charge >= 0.3 is 6.18 Å². The number of phenolic OH excluding ortho intramolecular Hbond substituents is 1. The van der Waals surface area contributed by atoms with E-state index in [-0.39, 0.29) is 17.7 Å². The van der Waals surface area contributed by atoms with Gasteiger partial charge in [-0.2, -0.15) is 13.2 Å². The smallest absolute Gasteiger partial charge is 0.416 e. The lowest BCUT2D eigenvalue weighted by molar-refractivity contribution is -0.138. The number of aromatic hydroxyl groups is 1. The highest BCUT2D eigenvalue weighted by Crippen LogP contribution is 2.42. The Morgan fingerprint density at radius 3 is 2.44 bits per heavy atom. The third-order valence-corrected chi connectivity index (χ3v) is 2.88. The summed E-state index contributed by atoms with van der Waals surface area (Å²) in [6.07, 6.45) is -2.95. The molecule has 0 bridgehead atoms. The Kier molecular flexibility index (Phi) is 2.38. The van der Waals surface area contributed by atoms with E-state index in [0.29, 0.717) is 12.8 Å². The summed E-state index contributed by atoms with van der Waals surface area (Å²) in [5.74, 6) is -0.327. The minimum absolute atomic E-state index is 0.0779. The first-order valence-corrected chi connectivity index (χ1v) is 4.99. The zero-order valence-electron chi connectivity index (χ0n) is 8.51. The summed E-state index contributed by atoms with van der Waals surface area (Å²) >= 11 is 0. The third-order valence-electron chi connectivity index (χ3n) is 2.88. The van der Waals surface area contributed by atoms with Crippen LogP contribution in [0.5, 0.6) is 5.75 Å². The molecule has 0 amide bonds. The number of phenols is 1. The van der Waals surface area contributed by atoms with Crippen LogP contribution >= 0.6 is 0 Å². The average Bonchev–Trinajstić information content (AvgIpc) is 2.86. The van der Waals surface area contributed by atoms with Crippen molar-refractivity contribution >= 4 is 0 Å². The van der Waals surface area contributed by atoms with Gasteiger partial charge in [0.15, 0.2) is 0 Å². The number of rotatable bonds is 2. The van der Waals surface area contributed by atoms with Crippen LogP contribution in [0.2, 0.25) is 0 Å². The summed E-state index contributed by atoms with van der Waals surface area (Å²) < 4.78 is 38.0. The van der Waals surface area contributed by atoms with Crippen molar-refractivity contribution in [3.05, 3.63) is 29.3 Å². The molecule has 0 atom stereocenters. The lowest BCUT2D eigenvalue weighted by atomic mass is 9.98. The summed E-state index contributed by atoms with van der Waals surface area (Å²) in [7, 11) is 0. The second kappa shape index (κ2) is 3.38. The lowest BCUT2D eigenvalue weighted by Crippen LogP contribution is -2.26. The van der Waals surface area contributed by atoms with E-state index in [0.717, 1.165) is 6.07 Å². The first-order chi connectivity index (χ1) is 7.32. The van der Waals surface area contributed by atoms with Crippen LogP contribution < -0.4 is 5.73 Å². The van der Waals surface area contributed by atoms with Crippen molar-refractivity contribution in [3.63, 3.8) is 0 Å². The molecule has 0 unspecified atom stereocenters. The molecular weight excluding hydrogens is 219 g/mol. The van der Waals surface area contributed by atoms with Crippen LogP contribution in [0.4, 0.5) is 13.2 Å². The Bertz CT molecular complexity index is 410. The van der Waals surface area contributed by atoms with E-state index in [2.05, 4.69) is 0 Å². The van der Waals surface area contributed by atoms with Crippen LogP contribution in [0.15, 0.2) is 18.2 Å². The zero-order chi connectivity index (χ0) is 12.0. The maximum Gasteiger partial charge on any atom is 0.416 e. The summed E-state index contributed by atoms with van der Waals surface area (Å²) in [5, 5.41) is 9.49. The first-order valence-electron chi connectivity index (χ1n) is 4.99. The monoisotopic (exact) mass is 231 g/mol. The minimum Gasteiger partial charge on any atom is -0.508 e. The Balaban J connectivity index is 2.40. The van der Waals surface area contributed by atoms with Crippen LogP contribution in [0, 0.1) is 0 Å². The SMILES string of the molecule is NC1(Cc2c(O)cccc2C(F)(F)F)CC1. The summed E-state index contributed by atoms with van der Waals surface area (Å²) in [6.45, 7) is 0. The molecule has 5 heteroatoms. The molecule has 1 fully saturated rings. The molecule has 1 saturated carbocycles. The standard InChI is InChI=1S/C11H12F3NO/c12-11(13,14)8-2-1-3-9(16)7(8)6-10(15)4-5-10/h1-3,16H,4-6,15H2. The van der Waals surface area contributed by atoms with Gasteiger partial charge in [-0.05, 0) is 31.4 Å². The van der Waals surface area contributed by atoms with Crippen molar-refractivity contribution in [2.75, 3.05) is 0 Å². The van der Waals surface area contributed by atoms with E-state index in [1.54, 1.807) is 0 Å². The molecule has 2 nitrogen and oxygen atoms in total. The number of benzene rings is 1. The molecule has 2 rings (SSSR count). The van der Waals surface area contributed by atoms with E-state index in [1.165, 1.54) is 12.1 Å². The molecule has 16 heavy (non-hydrogen) atoms. The second-order valence-electron chi connectivity index (χ2n) is 4.34. The van der Waals surface area contributed by atoms with Crippen LogP contribution in [-0.2, 0) is 12.6 Å². The average molecular weight is 231 g/mol. The molecule has 1 aliphatic carbocycles. The van der Waals surface area contributed by atoms with E-state index in [1.807, 2.05) is 0 Å². The highest BCUT2D eigenvalue weighted by molar-refractivity contribution is 5.42. The topological polar surface area (TPSA) is 46.2 Å². The summed E-state index contributed by atoms with van der Waals surface area (Å²) in [5.41, 5.74) is 4.35. The minimum atomic E-state index is -4.45. The van der Waals surface area contributed by atoms with Crippen LogP contribution in [-0.4, -0.2) is 10.6 Å². The number of hydrogen-bond donors (Lipinski definition) is 2. The summed E-state index contributed by atoms with van der Waals surface area (Å²) in [4.78, 5) is 0. The number of hydrogen-bond acceptors (Lipinski definition) is 2. The van der Waals surface area contributed by atoms with Gasteiger partial charge < -0.3 is 10.8 Å². The van der Waals surface area contributed by atoms with Gasteiger partial charge in [-0.15, -0.1) is 0 Å². The van der Waals surface area contributed by atoms with Gasteiger partial charge in [0.25, 0.3) is 0 Å². The van der Waals surface area contributed by atoms with Crippen molar-refractivity contribution in [2.24, 2.45) is 5.73 Å². The van der Waals surface area contributed by atoms with E-state index in [9.17, 15) is 18.3 Å². The van der Waals surface area contributed by atoms with Gasteiger partial charge in [-0.25, -0.2) is 0 Å². The van der Waals surface area contributed by atoms with E-state index < -0.39 is 17.3 Å². The maximum atomic E-state index is 12.7. The molecular formula is C11H12F3NO. The Morgan fingerprint density at radius 2 is 1.94 bits per heavy atom. The zero-order valence-corrected chi connectivity index (χ0v) is 8.51. The highest BCUT2D eigenvalue weighted by Gasteiger charge is 2.42. The van der Waals surface area contributed by atoms with E-state index in [4.69, 9.17) is 5.73 Å². The summed E-state index contributed by atoms with van der Waals surface area (Å²) in [6, 6.07) is 3.43. The second-order valence-corrected chi connectivity index (χ2v) is 4.34. The fourth-order valence-electron chi connectivity index (χ4n) is 1.72. The molecule has 0 saturated heterocycles. The molecule has 1 aliphatic rings. The van der Waals surface area contributed by atoms with Crippen molar-refractivity contribution < 1.29 is 18.3 Å². The number of nitrogens with two attached hydrogens (primary N) is 1. The van der Waals surface area contributed by atoms with Gasteiger partial charge in [-0.3, -0.25) is 0 Å². The van der Waals surface area contributed by atoms with Crippen LogP contribution in [0.3, 0.4) is 0 Å². The quantitative estimate of drug-likeness (QED) is 0.821. The van der Waals surface area contributed by atoms with Gasteiger partial charge in [0.2, 0.25) is 0 Å². The van der Waals surface area contributed by atoms with E-state index >= 15 is 0 Å². The Labute approximate surface area is 90.9 Å². The molecule has 1 aromatic rings. The third kappa shape index (κ3) is 2.14. The fourth-order valence-corrected chi connectivity index (χ4v) is 1.72. The predicted octanol–water partition coefficient (Wildman–Crippen LogP) is 2.44. The van der Waals surface area contributed by atoms with Crippen molar-refractivity contribution in [1.29, 1.82) is 0 Å². The highest BCUT2D eigenvalue weighted by atomic mass is 19.4. The van der Waals surface area contributed by atoms with Gasteiger partial charge in [0.1, 0.15) is 5.75 Å². The Hall–Kier alpha value is -1.23. The molecule has 88 valence electrons. The maximum absolute atomic E-state index is 12.7. The molecule has 0 spiro atoms. The number of halogens is 3. The van der Waals surface area contributed by atoms with Crippen molar-refractivity contribution in [1.82, 2.24) is 0 Å². The van der Waals surface area contributed by atoms with Crippen LogP contribution in [0.25, 0.3) is 0 Å². The van der Waals surface area contributed by atoms with Crippen LogP contribution in [0.1, 0.15) is 24.0 Å². The fraction of sp³-hybridized carbons (Fsp3) is 0.455. The first kappa shape index (κ1) is 11.3. The molecule has 1 aromatic carbocycles.